The van der Waals surface area contributed by atoms with Crippen LogP contribution in [0.15, 0.2) is 18.2 Å². The first kappa shape index (κ1) is 15.4. The van der Waals surface area contributed by atoms with Gasteiger partial charge in [-0.2, -0.15) is 8.42 Å². The predicted octanol–water partition coefficient (Wildman–Crippen LogP) is 1.84. The number of hydrogen-bond donors (Lipinski definition) is 3. The number of phenolic OH excluding ortho intramolecular Hbond substituents is 1. The average Bonchev–Trinajstić information content (AvgIpc) is 2.22. The number of nitrogens with one attached hydrogen (secondary N) is 2. The van der Waals surface area contributed by atoms with Crippen molar-refractivity contribution >= 4 is 33.6 Å². The van der Waals surface area contributed by atoms with E-state index in [4.69, 9.17) is 11.6 Å². The van der Waals surface area contributed by atoms with Crippen LogP contribution >= 0.6 is 11.6 Å². The van der Waals surface area contributed by atoms with E-state index < -0.39 is 28.2 Å². The second kappa shape index (κ2) is 5.98. The van der Waals surface area contributed by atoms with Gasteiger partial charge in [-0.1, -0.05) is 17.7 Å². The maximum absolute atomic E-state index is 11.6. The zero-order chi connectivity index (χ0) is 14.6. The van der Waals surface area contributed by atoms with Crippen LogP contribution in [0.25, 0.3) is 0 Å². The maximum Gasteiger partial charge on any atom is 0.422 e. The molecular weight excluding hydrogens is 296 g/mol. The van der Waals surface area contributed by atoms with Gasteiger partial charge in [0.05, 0.1) is 16.8 Å². The fourth-order valence-corrected chi connectivity index (χ4v) is 2.06. The van der Waals surface area contributed by atoms with Gasteiger partial charge in [-0.3, -0.25) is 4.72 Å². The first-order valence-corrected chi connectivity index (χ1v) is 7.06. The number of anilines is 1. The quantitative estimate of drug-likeness (QED) is 0.736. The highest BCUT2D eigenvalue weighted by molar-refractivity contribution is 7.91. The monoisotopic (exact) mass is 308 g/mol. The van der Waals surface area contributed by atoms with Crippen LogP contribution in [0.2, 0.25) is 5.02 Å². The number of benzene rings is 1. The van der Waals surface area contributed by atoms with Gasteiger partial charge in [0, 0.05) is 0 Å². The number of carbonyl (C=O) groups is 1. The normalized spacial score (nSPS) is 11.2. The molecule has 19 heavy (non-hydrogen) atoms. The van der Waals surface area contributed by atoms with Gasteiger partial charge in [-0.25, -0.2) is 9.52 Å². The third-order valence-corrected chi connectivity index (χ3v) is 3.02. The summed E-state index contributed by atoms with van der Waals surface area (Å²) < 4.78 is 31.4. The molecular formula is C10H13ClN2O5S. The summed E-state index contributed by atoms with van der Waals surface area (Å²) in [6.07, 6.45) is -1.58. The fourth-order valence-electron chi connectivity index (χ4n) is 1.12. The Labute approximate surface area is 115 Å². The molecule has 106 valence electrons. The van der Waals surface area contributed by atoms with Crippen LogP contribution in [0, 0.1) is 0 Å². The first-order valence-electron chi connectivity index (χ1n) is 5.20. The van der Waals surface area contributed by atoms with Crippen LogP contribution in [0.5, 0.6) is 5.75 Å². The number of para-hydroxylation sites is 1. The highest BCUT2D eigenvalue weighted by atomic mass is 35.5. The highest BCUT2D eigenvalue weighted by Gasteiger charge is 2.18. The average molecular weight is 309 g/mol. The highest BCUT2D eigenvalue weighted by Crippen LogP contribution is 2.31. The molecule has 0 bridgehead atoms. The van der Waals surface area contributed by atoms with Crippen molar-refractivity contribution in [2.45, 2.75) is 20.0 Å². The molecule has 3 N–H and O–H groups in total. The van der Waals surface area contributed by atoms with Crippen LogP contribution in [-0.2, 0) is 14.9 Å². The fraction of sp³-hybridized carbons (Fsp3) is 0.300. The van der Waals surface area contributed by atoms with Crippen molar-refractivity contribution in [2.75, 3.05) is 4.72 Å². The van der Waals surface area contributed by atoms with Crippen molar-refractivity contribution < 1.29 is 23.1 Å². The number of phenols is 1. The number of rotatable bonds is 4. The molecule has 0 saturated carbocycles. The van der Waals surface area contributed by atoms with E-state index in [1.807, 2.05) is 4.72 Å². The Morgan fingerprint density at radius 2 is 2.05 bits per heavy atom. The van der Waals surface area contributed by atoms with Gasteiger partial charge in [-0.05, 0) is 26.0 Å². The maximum atomic E-state index is 11.6. The molecule has 0 heterocycles. The molecule has 9 heteroatoms. The lowest BCUT2D eigenvalue weighted by atomic mass is 10.3. The number of carbonyl (C=O) groups excluding carboxylic acids is 1. The standard InChI is InChI=1S/C10H13ClN2O5S/c1-6(2)18-10(15)13-19(16,17)12-8-5-3-4-7(11)9(8)14/h3-6,12,14H,1-2H3,(H,13,15). The Bertz CT molecular complexity index is 573. The minimum atomic E-state index is -4.21. The van der Waals surface area contributed by atoms with Gasteiger partial charge in [0.25, 0.3) is 0 Å². The van der Waals surface area contributed by atoms with Crippen molar-refractivity contribution in [1.82, 2.24) is 4.72 Å². The van der Waals surface area contributed by atoms with Crippen molar-refractivity contribution in [3.8, 4) is 5.75 Å². The lowest BCUT2D eigenvalue weighted by molar-refractivity contribution is 0.121. The number of aromatic hydroxyl groups is 1. The molecule has 0 aliphatic carbocycles. The molecule has 0 unspecified atom stereocenters. The Kier molecular flexibility index (Phi) is 4.84. The Hall–Kier alpha value is -1.67. The minimum Gasteiger partial charge on any atom is -0.504 e. The van der Waals surface area contributed by atoms with Crippen molar-refractivity contribution in [3.63, 3.8) is 0 Å². The Morgan fingerprint density at radius 1 is 1.42 bits per heavy atom. The van der Waals surface area contributed by atoms with E-state index in [9.17, 15) is 18.3 Å². The third-order valence-electron chi connectivity index (χ3n) is 1.79. The van der Waals surface area contributed by atoms with Gasteiger partial charge in [-0.15, -0.1) is 0 Å². The van der Waals surface area contributed by atoms with Crippen LogP contribution in [0.1, 0.15) is 13.8 Å². The summed E-state index contributed by atoms with van der Waals surface area (Å²) >= 11 is 5.62. The molecule has 0 aliphatic heterocycles. The van der Waals surface area contributed by atoms with Gasteiger partial charge in [0.2, 0.25) is 0 Å². The SMILES string of the molecule is CC(C)OC(=O)NS(=O)(=O)Nc1cccc(Cl)c1O. The molecule has 0 atom stereocenters. The van der Waals surface area contributed by atoms with Crippen molar-refractivity contribution in [3.05, 3.63) is 23.2 Å². The number of amides is 1. The van der Waals surface area contributed by atoms with E-state index in [0.717, 1.165) is 0 Å². The largest absolute Gasteiger partial charge is 0.504 e. The van der Waals surface area contributed by atoms with Crippen LogP contribution < -0.4 is 9.44 Å². The molecule has 0 aromatic heterocycles. The molecule has 0 radical (unpaired) electrons. The Morgan fingerprint density at radius 3 is 2.63 bits per heavy atom. The van der Waals surface area contributed by atoms with E-state index in [1.165, 1.54) is 18.2 Å². The number of halogens is 1. The van der Waals surface area contributed by atoms with E-state index in [2.05, 4.69) is 4.74 Å². The predicted molar refractivity (Wildman–Crippen MR) is 70.4 cm³/mol. The van der Waals surface area contributed by atoms with Crippen molar-refractivity contribution in [2.24, 2.45) is 0 Å². The summed E-state index contributed by atoms with van der Waals surface area (Å²) in [5, 5.41) is 9.51. The lowest BCUT2D eigenvalue weighted by Crippen LogP contribution is -2.36. The third kappa shape index (κ3) is 4.84. The van der Waals surface area contributed by atoms with Gasteiger partial charge >= 0.3 is 16.3 Å². The second-order valence-electron chi connectivity index (χ2n) is 3.80. The van der Waals surface area contributed by atoms with Gasteiger partial charge in [0.15, 0.2) is 5.75 Å². The number of ether oxygens (including phenoxy) is 1. The molecule has 1 aromatic carbocycles. The van der Waals surface area contributed by atoms with Crippen LogP contribution in [-0.4, -0.2) is 25.7 Å². The van der Waals surface area contributed by atoms with E-state index in [0.29, 0.717) is 0 Å². The van der Waals surface area contributed by atoms with Gasteiger partial charge < -0.3 is 9.84 Å². The molecule has 1 aromatic rings. The molecule has 1 amide bonds. The zero-order valence-electron chi connectivity index (χ0n) is 10.2. The zero-order valence-corrected chi connectivity index (χ0v) is 11.7. The summed E-state index contributed by atoms with van der Waals surface area (Å²) in [6, 6.07) is 4.11. The smallest absolute Gasteiger partial charge is 0.422 e. The summed E-state index contributed by atoms with van der Waals surface area (Å²) in [5.74, 6) is -0.438. The van der Waals surface area contributed by atoms with Crippen molar-refractivity contribution in [1.29, 1.82) is 0 Å². The van der Waals surface area contributed by atoms with Crippen LogP contribution in [0.4, 0.5) is 10.5 Å². The first-order chi connectivity index (χ1) is 8.71. The van der Waals surface area contributed by atoms with E-state index in [-0.39, 0.29) is 10.7 Å². The number of hydrogen-bond acceptors (Lipinski definition) is 5. The molecule has 7 nitrogen and oxygen atoms in total. The molecule has 0 fully saturated rings. The topological polar surface area (TPSA) is 105 Å². The lowest BCUT2D eigenvalue weighted by Gasteiger charge is -2.12. The Balaban J connectivity index is 2.80. The summed E-state index contributed by atoms with van der Waals surface area (Å²) in [6.45, 7) is 3.14. The van der Waals surface area contributed by atoms with E-state index >= 15 is 0 Å². The second-order valence-corrected chi connectivity index (χ2v) is 5.62. The molecule has 0 spiro atoms. The molecule has 1 rings (SSSR count). The van der Waals surface area contributed by atoms with E-state index in [1.54, 1.807) is 18.6 Å². The minimum absolute atomic E-state index is 0.0232. The summed E-state index contributed by atoms with van der Waals surface area (Å²) in [5.41, 5.74) is -0.155. The molecule has 0 aliphatic rings. The molecule has 0 saturated heterocycles. The van der Waals surface area contributed by atoms with Gasteiger partial charge in [0.1, 0.15) is 0 Å². The summed E-state index contributed by atoms with van der Waals surface area (Å²) in [4.78, 5) is 11.2. The summed E-state index contributed by atoms with van der Waals surface area (Å²) in [7, 11) is -4.21. The van der Waals surface area contributed by atoms with Crippen LogP contribution in [0.3, 0.4) is 0 Å².